The molecule has 0 unspecified atom stereocenters. The van der Waals surface area contributed by atoms with Crippen LogP contribution in [0, 0.1) is 26.9 Å². The van der Waals surface area contributed by atoms with Crippen molar-refractivity contribution >= 4 is 28.5 Å². The summed E-state index contributed by atoms with van der Waals surface area (Å²) in [5, 5.41) is 0. The van der Waals surface area contributed by atoms with Crippen LogP contribution in [0.15, 0.2) is 30.3 Å². The van der Waals surface area contributed by atoms with E-state index in [-0.39, 0.29) is 29.0 Å². The van der Waals surface area contributed by atoms with Crippen LogP contribution < -0.4 is 0 Å². The fourth-order valence-electron chi connectivity index (χ4n) is 3.36. The van der Waals surface area contributed by atoms with E-state index >= 15 is 0 Å². The molecule has 3 rings (SSSR count). The van der Waals surface area contributed by atoms with Gasteiger partial charge in [0.1, 0.15) is 5.82 Å². The molecule has 0 saturated carbocycles. The van der Waals surface area contributed by atoms with Gasteiger partial charge in [0.05, 0.1) is 0 Å². The van der Waals surface area contributed by atoms with Gasteiger partial charge in [0.25, 0.3) is 5.91 Å². The van der Waals surface area contributed by atoms with Crippen molar-refractivity contribution in [3.63, 3.8) is 0 Å². The lowest BCUT2D eigenvalue weighted by Crippen LogP contribution is -2.53. The molecule has 0 N–H and O–H groups in total. The maximum atomic E-state index is 14.5. The molecular formula is C20H20F3IN2O. The average Bonchev–Trinajstić information content (AvgIpc) is 2.56. The Morgan fingerprint density at radius 2 is 1.85 bits per heavy atom. The van der Waals surface area contributed by atoms with Crippen molar-refractivity contribution in [1.82, 2.24) is 9.80 Å². The van der Waals surface area contributed by atoms with Crippen LogP contribution in [0.25, 0.3) is 0 Å². The highest BCUT2D eigenvalue weighted by Gasteiger charge is 2.33. The SMILES string of the molecule is CN(C)CC1CN(C(=O)c2ccc(F)c(F)c2Cc2ccc(I)cc2F)C1. The van der Waals surface area contributed by atoms with Gasteiger partial charge in [-0.3, -0.25) is 4.79 Å². The zero-order valence-corrected chi connectivity index (χ0v) is 17.3. The van der Waals surface area contributed by atoms with Gasteiger partial charge in [-0.25, -0.2) is 13.2 Å². The quantitative estimate of drug-likeness (QED) is 0.596. The summed E-state index contributed by atoms with van der Waals surface area (Å²) in [6.07, 6.45) is -0.178. The van der Waals surface area contributed by atoms with Crippen LogP contribution in [-0.2, 0) is 6.42 Å². The Kier molecular flexibility index (Phi) is 6.10. The van der Waals surface area contributed by atoms with Crippen molar-refractivity contribution in [2.75, 3.05) is 33.7 Å². The van der Waals surface area contributed by atoms with E-state index in [1.165, 1.54) is 18.2 Å². The topological polar surface area (TPSA) is 23.6 Å². The Bertz CT molecular complexity index is 867. The molecule has 0 bridgehead atoms. The fourth-order valence-corrected chi connectivity index (χ4v) is 3.81. The minimum atomic E-state index is -1.09. The fraction of sp³-hybridized carbons (Fsp3) is 0.350. The number of carbonyl (C=O) groups is 1. The summed E-state index contributed by atoms with van der Waals surface area (Å²) in [5.74, 6) is -2.61. The van der Waals surface area contributed by atoms with E-state index in [1.54, 1.807) is 11.0 Å². The Balaban J connectivity index is 1.86. The number of likely N-dealkylation sites (tertiary alicyclic amines) is 1. The van der Waals surface area contributed by atoms with Gasteiger partial charge in [-0.1, -0.05) is 6.07 Å². The molecule has 0 spiro atoms. The average molecular weight is 488 g/mol. The summed E-state index contributed by atoms with van der Waals surface area (Å²) in [7, 11) is 3.93. The summed E-state index contributed by atoms with van der Waals surface area (Å²) >= 11 is 1.98. The van der Waals surface area contributed by atoms with E-state index in [2.05, 4.69) is 4.90 Å². The molecule has 27 heavy (non-hydrogen) atoms. The number of carbonyl (C=O) groups excluding carboxylic acids is 1. The second-order valence-electron chi connectivity index (χ2n) is 7.14. The van der Waals surface area contributed by atoms with Crippen LogP contribution in [-0.4, -0.2) is 49.4 Å². The molecule has 7 heteroatoms. The van der Waals surface area contributed by atoms with Crippen LogP contribution >= 0.6 is 22.6 Å². The van der Waals surface area contributed by atoms with Crippen LogP contribution in [0.3, 0.4) is 0 Å². The van der Waals surface area contributed by atoms with Gasteiger partial charge in [0.15, 0.2) is 11.6 Å². The number of benzene rings is 2. The van der Waals surface area contributed by atoms with Crippen molar-refractivity contribution in [3.8, 4) is 0 Å². The molecule has 1 aliphatic rings. The number of amides is 1. The zero-order chi connectivity index (χ0) is 19.7. The third-order valence-corrected chi connectivity index (χ3v) is 5.35. The molecular weight excluding hydrogens is 468 g/mol. The number of halogens is 4. The van der Waals surface area contributed by atoms with Crippen molar-refractivity contribution in [2.24, 2.45) is 5.92 Å². The first-order valence-electron chi connectivity index (χ1n) is 8.61. The number of hydrogen-bond donors (Lipinski definition) is 0. The first-order chi connectivity index (χ1) is 12.8. The molecule has 1 saturated heterocycles. The van der Waals surface area contributed by atoms with E-state index in [1.807, 2.05) is 36.7 Å². The summed E-state index contributed by atoms with van der Waals surface area (Å²) in [6, 6.07) is 6.80. The second kappa shape index (κ2) is 8.18. The van der Waals surface area contributed by atoms with E-state index < -0.39 is 17.5 Å². The molecule has 0 atom stereocenters. The summed E-state index contributed by atoms with van der Waals surface area (Å²) in [6.45, 7) is 2.02. The van der Waals surface area contributed by atoms with Crippen molar-refractivity contribution in [3.05, 3.63) is 68.0 Å². The molecule has 1 heterocycles. The first kappa shape index (κ1) is 20.1. The second-order valence-corrected chi connectivity index (χ2v) is 8.38. The monoisotopic (exact) mass is 488 g/mol. The number of rotatable bonds is 5. The Morgan fingerprint density at radius 1 is 1.15 bits per heavy atom. The van der Waals surface area contributed by atoms with Gasteiger partial charge >= 0.3 is 0 Å². The van der Waals surface area contributed by atoms with E-state index in [4.69, 9.17) is 0 Å². The van der Waals surface area contributed by atoms with Gasteiger partial charge in [0.2, 0.25) is 0 Å². The zero-order valence-electron chi connectivity index (χ0n) is 15.1. The van der Waals surface area contributed by atoms with Crippen LogP contribution in [0.5, 0.6) is 0 Å². The minimum Gasteiger partial charge on any atom is -0.338 e. The lowest BCUT2D eigenvalue weighted by atomic mass is 9.94. The maximum absolute atomic E-state index is 14.5. The lowest BCUT2D eigenvalue weighted by molar-refractivity contribution is 0.0448. The number of hydrogen-bond acceptors (Lipinski definition) is 2. The van der Waals surface area contributed by atoms with Gasteiger partial charge in [-0.15, -0.1) is 0 Å². The van der Waals surface area contributed by atoms with Crippen LogP contribution in [0.2, 0.25) is 0 Å². The highest BCUT2D eigenvalue weighted by molar-refractivity contribution is 14.1. The molecule has 1 amide bonds. The van der Waals surface area contributed by atoms with E-state index in [9.17, 15) is 18.0 Å². The molecule has 0 radical (unpaired) electrons. The Morgan fingerprint density at radius 3 is 2.48 bits per heavy atom. The molecule has 2 aromatic carbocycles. The van der Waals surface area contributed by atoms with Gasteiger partial charge in [-0.05, 0) is 66.5 Å². The predicted octanol–water partition coefficient (Wildman–Crippen LogP) is 3.93. The molecule has 1 fully saturated rings. The first-order valence-corrected chi connectivity index (χ1v) is 9.69. The van der Waals surface area contributed by atoms with Gasteiger partial charge in [0, 0.05) is 46.7 Å². The maximum Gasteiger partial charge on any atom is 0.254 e. The van der Waals surface area contributed by atoms with Crippen molar-refractivity contribution in [2.45, 2.75) is 6.42 Å². The number of nitrogens with zero attached hydrogens (tertiary/aromatic N) is 2. The smallest absolute Gasteiger partial charge is 0.254 e. The molecule has 1 aliphatic heterocycles. The molecule has 0 aromatic heterocycles. The molecule has 3 nitrogen and oxygen atoms in total. The van der Waals surface area contributed by atoms with E-state index in [0.717, 1.165) is 12.6 Å². The Hall–Kier alpha value is -1.61. The Labute approximate surface area is 170 Å². The minimum absolute atomic E-state index is 0.0927. The third-order valence-electron chi connectivity index (χ3n) is 4.68. The molecule has 0 aliphatic carbocycles. The van der Waals surface area contributed by atoms with Crippen molar-refractivity contribution in [1.29, 1.82) is 0 Å². The lowest BCUT2D eigenvalue weighted by Gasteiger charge is -2.40. The van der Waals surface area contributed by atoms with Gasteiger partial charge < -0.3 is 9.80 Å². The summed E-state index contributed by atoms with van der Waals surface area (Å²) < 4.78 is 43.2. The van der Waals surface area contributed by atoms with Gasteiger partial charge in [-0.2, -0.15) is 0 Å². The largest absolute Gasteiger partial charge is 0.338 e. The summed E-state index contributed by atoms with van der Waals surface area (Å²) in [5.41, 5.74) is 0.217. The predicted molar refractivity (Wildman–Crippen MR) is 106 cm³/mol. The standard InChI is InChI=1S/C20H20F3IN2O/c1-25(2)9-12-10-26(11-12)20(27)15-5-6-17(21)19(23)16(15)7-13-3-4-14(24)8-18(13)22/h3-6,8,12H,7,9-11H2,1-2H3. The van der Waals surface area contributed by atoms with E-state index in [0.29, 0.717) is 22.6 Å². The van der Waals surface area contributed by atoms with Crippen molar-refractivity contribution < 1.29 is 18.0 Å². The van der Waals surface area contributed by atoms with Crippen LogP contribution in [0.1, 0.15) is 21.5 Å². The van der Waals surface area contributed by atoms with Crippen LogP contribution in [0.4, 0.5) is 13.2 Å². The molecule has 2 aromatic rings. The molecule has 144 valence electrons. The normalized spacial score (nSPS) is 14.6. The highest BCUT2D eigenvalue weighted by Crippen LogP contribution is 2.26. The third kappa shape index (κ3) is 4.45. The summed E-state index contributed by atoms with van der Waals surface area (Å²) in [4.78, 5) is 16.5. The highest BCUT2D eigenvalue weighted by atomic mass is 127.